The van der Waals surface area contributed by atoms with Crippen molar-refractivity contribution in [1.29, 1.82) is 0 Å². The van der Waals surface area contributed by atoms with Gasteiger partial charge in [0.1, 0.15) is 5.69 Å². The minimum absolute atomic E-state index is 0.0905. The fourth-order valence-corrected chi connectivity index (χ4v) is 2.03. The Labute approximate surface area is 133 Å². The number of rotatable bonds is 6. The number of esters is 1. The van der Waals surface area contributed by atoms with Crippen LogP contribution in [0.15, 0.2) is 42.9 Å². The van der Waals surface area contributed by atoms with Crippen molar-refractivity contribution in [2.24, 2.45) is 0 Å². The van der Waals surface area contributed by atoms with Gasteiger partial charge >= 0.3 is 12.1 Å². The molecule has 23 heavy (non-hydrogen) atoms. The summed E-state index contributed by atoms with van der Waals surface area (Å²) in [5.74, 6) is -0.630. The van der Waals surface area contributed by atoms with Crippen LogP contribution in [-0.4, -0.2) is 35.1 Å². The van der Waals surface area contributed by atoms with Crippen molar-refractivity contribution in [2.45, 2.75) is 19.9 Å². The molecule has 0 N–H and O–H groups in total. The van der Waals surface area contributed by atoms with Crippen LogP contribution in [0.5, 0.6) is 0 Å². The summed E-state index contributed by atoms with van der Waals surface area (Å²) in [5.41, 5.74) is 1.30. The van der Waals surface area contributed by atoms with Gasteiger partial charge in [0, 0.05) is 0 Å². The normalized spacial score (nSPS) is 11.6. The Hall–Kier alpha value is -2.83. The number of benzene rings is 1. The van der Waals surface area contributed by atoms with Gasteiger partial charge in [0.15, 0.2) is 0 Å². The number of hydrogen-bond donors (Lipinski definition) is 0. The maximum atomic E-state index is 12.1. The van der Waals surface area contributed by atoms with Crippen molar-refractivity contribution in [3.63, 3.8) is 0 Å². The second-order valence-electron chi connectivity index (χ2n) is 4.65. The average molecular weight is 318 g/mol. The standard InChI is InChI=1S/C16H18N2O5/c1-3-21-16(20)23-11-22-15(19)14-9-17-10-18(14)12(2)13-7-5-4-6-8-13/h4-10,12H,3,11H2,1-2H3/t12-/m1/s1. The molecule has 2 aromatic rings. The maximum Gasteiger partial charge on any atom is 0.511 e. The first-order valence-electron chi connectivity index (χ1n) is 7.17. The third-order valence-corrected chi connectivity index (χ3v) is 3.20. The van der Waals surface area contributed by atoms with Crippen molar-refractivity contribution in [3.05, 3.63) is 54.1 Å². The molecule has 0 amide bonds. The first kappa shape index (κ1) is 16.5. The molecule has 0 aliphatic carbocycles. The van der Waals surface area contributed by atoms with Crippen LogP contribution in [0.1, 0.15) is 35.9 Å². The van der Waals surface area contributed by atoms with E-state index in [0.717, 1.165) is 5.56 Å². The zero-order valence-corrected chi connectivity index (χ0v) is 13.0. The highest BCUT2D eigenvalue weighted by molar-refractivity contribution is 5.87. The van der Waals surface area contributed by atoms with E-state index in [0.29, 0.717) is 0 Å². The number of imidazole rings is 1. The zero-order chi connectivity index (χ0) is 16.7. The quantitative estimate of drug-likeness (QED) is 0.602. The SMILES string of the molecule is CCOC(=O)OCOC(=O)c1cncn1[C@H](C)c1ccccc1. The number of nitrogens with zero attached hydrogens (tertiary/aromatic N) is 2. The van der Waals surface area contributed by atoms with Gasteiger partial charge in [0.25, 0.3) is 0 Å². The summed E-state index contributed by atoms with van der Waals surface area (Å²) in [6.45, 7) is 3.27. The van der Waals surface area contributed by atoms with Crippen LogP contribution in [0.3, 0.4) is 0 Å². The van der Waals surface area contributed by atoms with Crippen molar-refractivity contribution < 1.29 is 23.8 Å². The van der Waals surface area contributed by atoms with Gasteiger partial charge in [0.05, 0.1) is 25.2 Å². The Morgan fingerprint density at radius 3 is 2.61 bits per heavy atom. The van der Waals surface area contributed by atoms with E-state index in [4.69, 9.17) is 4.74 Å². The molecule has 1 atom stereocenters. The number of carbonyl (C=O) groups is 2. The molecule has 7 heteroatoms. The second kappa shape index (κ2) is 7.98. The summed E-state index contributed by atoms with van der Waals surface area (Å²) in [5, 5.41) is 0. The Morgan fingerprint density at radius 2 is 1.91 bits per heavy atom. The molecule has 1 heterocycles. The Morgan fingerprint density at radius 1 is 1.17 bits per heavy atom. The largest absolute Gasteiger partial charge is 0.511 e. The van der Waals surface area contributed by atoms with Crippen LogP contribution < -0.4 is 0 Å². The van der Waals surface area contributed by atoms with Crippen molar-refractivity contribution in [2.75, 3.05) is 13.4 Å². The summed E-state index contributed by atoms with van der Waals surface area (Å²) in [4.78, 5) is 27.1. The third-order valence-electron chi connectivity index (χ3n) is 3.20. The smallest absolute Gasteiger partial charge is 0.435 e. The maximum absolute atomic E-state index is 12.1. The molecule has 0 saturated carbocycles. The Kier molecular flexibility index (Phi) is 5.74. The van der Waals surface area contributed by atoms with Gasteiger partial charge in [-0.2, -0.15) is 0 Å². The van der Waals surface area contributed by atoms with E-state index in [1.807, 2.05) is 37.3 Å². The van der Waals surface area contributed by atoms with E-state index in [9.17, 15) is 9.59 Å². The highest BCUT2D eigenvalue weighted by atomic mass is 16.8. The molecule has 0 radical (unpaired) electrons. The molecular weight excluding hydrogens is 300 g/mol. The summed E-state index contributed by atoms with van der Waals surface area (Å²) < 4.78 is 15.8. The molecule has 0 aliphatic rings. The van der Waals surface area contributed by atoms with Gasteiger partial charge in [-0.05, 0) is 19.4 Å². The summed E-state index contributed by atoms with van der Waals surface area (Å²) in [6, 6.07) is 9.61. The van der Waals surface area contributed by atoms with Crippen LogP contribution in [0.25, 0.3) is 0 Å². The molecule has 0 spiro atoms. The zero-order valence-electron chi connectivity index (χ0n) is 13.0. The molecule has 2 rings (SSSR count). The van der Waals surface area contributed by atoms with Crippen molar-refractivity contribution >= 4 is 12.1 Å². The number of ether oxygens (including phenoxy) is 3. The highest BCUT2D eigenvalue weighted by Crippen LogP contribution is 2.19. The van der Waals surface area contributed by atoms with Crippen molar-refractivity contribution in [3.8, 4) is 0 Å². The Bertz CT molecular complexity index is 654. The van der Waals surface area contributed by atoms with E-state index >= 15 is 0 Å². The van der Waals surface area contributed by atoms with Gasteiger partial charge in [-0.1, -0.05) is 30.3 Å². The number of aromatic nitrogens is 2. The predicted octanol–water partition coefficient (Wildman–Crippen LogP) is 2.78. The Balaban J connectivity index is 2.00. The summed E-state index contributed by atoms with van der Waals surface area (Å²) in [7, 11) is 0. The monoisotopic (exact) mass is 318 g/mol. The molecule has 0 aliphatic heterocycles. The molecule has 0 saturated heterocycles. The lowest BCUT2D eigenvalue weighted by Gasteiger charge is -2.16. The van der Waals surface area contributed by atoms with Crippen LogP contribution in [0, 0.1) is 0 Å². The van der Waals surface area contributed by atoms with Crippen LogP contribution in [-0.2, 0) is 14.2 Å². The molecule has 122 valence electrons. The minimum Gasteiger partial charge on any atom is -0.435 e. The van der Waals surface area contributed by atoms with E-state index in [1.165, 1.54) is 6.20 Å². The highest BCUT2D eigenvalue weighted by Gasteiger charge is 2.18. The summed E-state index contributed by atoms with van der Waals surface area (Å²) >= 11 is 0. The molecular formula is C16H18N2O5. The van der Waals surface area contributed by atoms with E-state index in [2.05, 4.69) is 14.5 Å². The van der Waals surface area contributed by atoms with Gasteiger partial charge in [-0.15, -0.1) is 0 Å². The average Bonchev–Trinajstić information content (AvgIpc) is 3.05. The molecule has 0 unspecified atom stereocenters. The van der Waals surface area contributed by atoms with Crippen LogP contribution >= 0.6 is 0 Å². The number of carbonyl (C=O) groups excluding carboxylic acids is 2. The van der Waals surface area contributed by atoms with E-state index in [1.54, 1.807) is 17.8 Å². The van der Waals surface area contributed by atoms with Gasteiger partial charge in [-0.25, -0.2) is 14.6 Å². The van der Waals surface area contributed by atoms with E-state index in [-0.39, 0.29) is 18.3 Å². The second-order valence-corrected chi connectivity index (χ2v) is 4.65. The lowest BCUT2D eigenvalue weighted by molar-refractivity contribution is -0.0268. The van der Waals surface area contributed by atoms with E-state index < -0.39 is 18.9 Å². The molecule has 1 aromatic carbocycles. The third kappa shape index (κ3) is 4.32. The first-order chi connectivity index (χ1) is 11.1. The molecule has 1 aromatic heterocycles. The topological polar surface area (TPSA) is 79.7 Å². The lowest BCUT2D eigenvalue weighted by atomic mass is 10.1. The van der Waals surface area contributed by atoms with Crippen LogP contribution in [0.4, 0.5) is 4.79 Å². The molecule has 0 fully saturated rings. The lowest BCUT2D eigenvalue weighted by Crippen LogP contribution is -2.18. The van der Waals surface area contributed by atoms with Gasteiger partial charge < -0.3 is 18.8 Å². The molecule has 7 nitrogen and oxygen atoms in total. The van der Waals surface area contributed by atoms with Crippen LogP contribution in [0.2, 0.25) is 0 Å². The summed E-state index contributed by atoms with van der Waals surface area (Å²) in [6.07, 6.45) is 2.08. The fourth-order valence-electron chi connectivity index (χ4n) is 2.03. The van der Waals surface area contributed by atoms with Crippen molar-refractivity contribution in [1.82, 2.24) is 9.55 Å². The minimum atomic E-state index is -0.883. The van der Waals surface area contributed by atoms with Gasteiger partial charge in [0.2, 0.25) is 6.79 Å². The number of hydrogen-bond acceptors (Lipinski definition) is 6. The first-order valence-corrected chi connectivity index (χ1v) is 7.17. The van der Waals surface area contributed by atoms with Gasteiger partial charge in [-0.3, -0.25) is 0 Å². The molecule has 0 bridgehead atoms. The predicted molar refractivity (Wildman–Crippen MR) is 80.9 cm³/mol. The fraction of sp³-hybridized carbons (Fsp3) is 0.312.